The molecule has 1 fully saturated rings. The fraction of sp³-hybridized carbons (Fsp3) is 0.500. The van der Waals surface area contributed by atoms with E-state index in [4.69, 9.17) is 10.5 Å². The van der Waals surface area contributed by atoms with Crippen molar-refractivity contribution in [3.05, 3.63) is 29.3 Å². The van der Waals surface area contributed by atoms with Crippen LogP contribution in [0.3, 0.4) is 0 Å². The maximum Gasteiger partial charge on any atom is 0.254 e. The number of amides is 1. The molecule has 1 saturated heterocycles. The Morgan fingerprint density at radius 2 is 2.26 bits per heavy atom. The van der Waals surface area contributed by atoms with Gasteiger partial charge < -0.3 is 20.5 Å². The summed E-state index contributed by atoms with van der Waals surface area (Å²) in [7, 11) is 0. The van der Waals surface area contributed by atoms with Crippen molar-refractivity contribution in [1.82, 2.24) is 4.90 Å². The van der Waals surface area contributed by atoms with Gasteiger partial charge in [0, 0.05) is 30.8 Å². The van der Waals surface area contributed by atoms with E-state index in [0.29, 0.717) is 30.8 Å². The van der Waals surface area contributed by atoms with Gasteiger partial charge in [0.05, 0.1) is 12.2 Å². The molecule has 1 heterocycles. The summed E-state index contributed by atoms with van der Waals surface area (Å²) in [4.78, 5) is 14.2. The molecule has 3 N–H and O–H groups in total. The van der Waals surface area contributed by atoms with Crippen LogP contribution in [0.5, 0.6) is 5.75 Å². The Hall–Kier alpha value is -1.59. The minimum atomic E-state index is -0.120. The molecule has 0 aromatic heterocycles. The molecule has 0 radical (unpaired) electrons. The summed E-state index contributed by atoms with van der Waals surface area (Å²) in [6, 6.07) is 4.99. The van der Waals surface area contributed by atoms with Crippen LogP contribution < -0.4 is 5.73 Å². The maximum absolute atomic E-state index is 12.5. The quantitative estimate of drug-likeness (QED) is 0.831. The van der Waals surface area contributed by atoms with E-state index in [1.807, 2.05) is 6.92 Å². The van der Waals surface area contributed by atoms with Crippen LogP contribution in [0.1, 0.15) is 22.8 Å². The largest absolute Gasteiger partial charge is 0.508 e. The zero-order valence-electron chi connectivity index (χ0n) is 11.3. The summed E-state index contributed by atoms with van der Waals surface area (Å²) in [5, 5.41) is 9.68. The average Bonchev–Trinajstić information content (AvgIpc) is 2.40. The Labute approximate surface area is 113 Å². The van der Waals surface area contributed by atoms with Crippen molar-refractivity contribution in [2.45, 2.75) is 26.1 Å². The second-order valence-corrected chi connectivity index (χ2v) is 4.96. The van der Waals surface area contributed by atoms with Crippen molar-refractivity contribution in [2.75, 3.05) is 19.6 Å². The third-order valence-electron chi connectivity index (χ3n) is 3.41. The number of phenolic OH excluding ortho intramolecular Hbond substituents is 1. The van der Waals surface area contributed by atoms with Gasteiger partial charge in [0.2, 0.25) is 0 Å². The number of morpholine rings is 1. The summed E-state index contributed by atoms with van der Waals surface area (Å²) in [6.07, 6.45) is -0.144. The van der Waals surface area contributed by atoms with Crippen molar-refractivity contribution in [1.29, 1.82) is 0 Å². The van der Waals surface area contributed by atoms with E-state index < -0.39 is 0 Å². The fourth-order valence-corrected chi connectivity index (χ4v) is 2.37. The van der Waals surface area contributed by atoms with Crippen LogP contribution in [-0.4, -0.2) is 47.8 Å². The van der Waals surface area contributed by atoms with Gasteiger partial charge in [-0.2, -0.15) is 0 Å². The zero-order chi connectivity index (χ0) is 14.0. The first-order chi connectivity index (χ1) is 9.02. The van der Waals surface area contributed by atoms with Gasteiger partial charge in [0.1, 0.15) is 5.75 Å². The molecule has 2 atom stereocenters. The van der Waals surface area contributed by atoms with Crippen molar-refractivity contribution in [3.8, 4) is 5.75 Å². The van der Waals surface area contributed by atoms with Gasteiger partial charge in [0.15, 0.2) is 0 Å². The van der Waals surface area contributed by atoms with Crippen molar-refractivity contribution < 1.29 is 14.6 Å². The van der Waals surface area contributed by atoms with Crippen LogP contribution in [0.15, 0.2) is 18.2 Å². The number of ether oxygens (including phenoxy) is 1. The number of rotatable bonds is 2. The number of aromatic hydroxyl groups is 1. The Morgan fingerprint density at radius 3 is 2.95 bits per heavy atom. The van der Waals surface area contributed by atoms with Gasteiger partial charge in [-0.05, 0) is 26.0 Å². The average molecular weight is 264 g/mol. The normalized spacial score (nSPS) is 23.4. The number of hydrogen-bond donors (Lipinski definition) is 2. The molecule has 1 aromatic rings. The Kier molecular flexibility index (Phi) is 4.07. The maximum atomic E-state index is 12.5. The molecule has 0 spiro atoms. The summed E-state index contributed by atoms with van der Waals surface area (Å²) in [5.41, 5.74) is 6.76. The second kappa shape index (κ2) is 5.59. The summed E-state index contributed by atoms with van der Waals surface area (Å²) >= 11 is 0. The number of phenols is 1. The molecule has 0 saturated carbocycles. The molecule has 1 amide bonds. The van der Waals surface area contributed by atoms with Crippen LogP contribution in [0.25, 0.3) is 0 Å². The lowest BCUT2D eigenvalue weighted by molar-refractivity contribution is -0.0626. The first kappa shape index (κ1) is 13.8. The molecule has 104 valence electrons. The predicted octanol–water partition coefficient (Wildman–Crippen LogP) is 0.889. The smallest absolute Gasteiger partial charge is 0.254 e. The molecule has 2 rings (SSSR count). The number of carbonyl (C=O) groups excluding carboxylic acids is 1. The van der Waals surface area contributed by atoms with Crippen LogP contribution in [-0.2, 0) is 4.74 Å². The molecular weight excluding hydrogens is 244 g/mol. The molecule has 19 heavy (non-hydrogen) atoms. The van der Waals surface area contributed by atoms with Gasteiger partial charge in [-0.1, -0.05) is 6.07 Å². The van der Waals surface area contributed by atoms with Crippen LogP contribution in [0, 0.1) is 6.92 Å². The molecule has 2 unspecified atom stereocenters. The van der Waals surface area contributed by atoms with E-state index in [-0.39, 0.29) is 23.9 Å². The highest BCUT2D eigenvalue weighted by molar-refractivity contribution is 5.96. The molecule has 1 aliphatic rings. The van der Waals surface area contributed by atoms with Crippen LogP contribution >= 0.6 is 0 Å². The summed E-state index contributed by atoms with van der Waals surface area (Å²) < 4.78 is 5.64. The van der Waals surface area contributed by atoms with E-state index in [1.54, 1.807) is 30.0 Å². The molecule has 0 bridgehead atoms. The van der Waals surface area contributed by atoms with Gasteiger partial charge in [0.25, 0.3) is 5.91 Å². The number of hydrogen-bond acceptors (Lipinski definition) is 4. The predicted molar refractivity (Wildman–Crippen MR) is 72.1 cm³/mol. The second-order valence-electron chi connectivity index (χ2n) is 4.96. The number of nitrogens with two attached hydrogens (primary N) is 1. The van der Waals surface area contributed by atoms with E-state index in [0.717, 1.165) is 0 Å². The van der Waals surface area contributed by atoms with E-state index in [2.05, 4.69) is 0 Å². The Bertz CT molecular complexity index is 476. The van der Waals surface area contributed by atoms with Crippen LogP contribution in [0.2, 0.25) is 0 Å². The SMILES string of the molecule is Cc1c(O)cccc1C(=O)N1CC(C)OC(CN)C1. The summed E-state index contributed by atoms with van der Waals surface area (Å²) in [5.74, 6) is 0.0598. The highest BCUT2D eigenvalue weighted by Crippen LogP contribution is 2.22. The zero-order valence-corrected chi connectivity index (χ0v) is 11.3. The molecular formula is C14H20N2O3. The number of nitrogens with zero attached hydrogens (tertiary/aromatic N) is 1. The molecule has 1 aliphatic heterocycles. The Balaban J connectivity index is 2.21. The fourth-order valence-electron chi connectivity index (χ4n) is 2.37. The lowest BCUT2D eigenvalue weighted by atomic mass is 10.1. The van der Waals surface area contributed by atoms with E-state index in [9.17, 15) is 9.90 Å². The van der Waals surface area contributed by atoms with E-state index in [1.165, 1.54) is 0 Å². The van der Waals surface area contributed by atoms with Crippen molar-refractivity contribution >= 4 is 5.91 Å². The topological polar surface area (TPSA) is 75.8 Å². The van der Waals surface area contributed by atoms with Gasteiger partial charge in [-0.15, -0.1) is 0 Å². The molecule has 1 aromatic carbocycles. The highest BCUT2D eigenvalue weighted by Gasteiger charge is 2.29. The number of carbonyl (C=O) groups is 1. The van der Waals surface area contributed by atoms with Gasteiger partial charge in [-0.25, -0.2) is 0 Å². The van der Waals surface area contributed by atoms with E-state index >= 15 is 0 Å². The van der Waals surface area contributed by atoms with Crippen LogP contribution in [0.4, 0.5) is 0 Å². The Morgan fingerprint density at radius 1 is 1.53 bits per heavy atom. The third kappa shape index (κ3) is 2.88. The monoisotopic (exact) mass is 264 g/mol. The first-order valence-electron chi connectivity index (χ1n) is 6.46. The third-order valence-corrected chi connectivity index (χ3v) is 3.41. The minimum Gasteiger partial charge on any atom is -0.508 e. The van der Waals surface area contributed by atoms with Gasteiger partial charge >= 0.3 is 0 Å². The summed E-state index contributed by atoms with van der Waals surface area (Å²) in [6.45, 7) is 5.11. The number of benzene rings is 1. The molecule has 5 heteroatoms. The van der Waals surface area contributed by atoms with Crippen molar-refractivity contribution in [3.63, 3.8) is 0 Å². The minimum absolute atomic E-state index is 0.0242. The lowest BCUT2D eigenvalue weighted by Gasteiger charge is -2.36. The standard InChI is InChI=1S/C14H20N2O3/c1-9-7-16(8-11(6-15)19-9)14(18)12-4-3-5-13(17)10(12)2/h3-5,9,11,17H,6-8,15H2,1-2H3. The highest BCUT2D eigenvalue weighted by atomic mass is 16.5. The van der Waals surface area contributed by atoms with Gasteiger partial charge in [-0.3, -0.25) is 4.79 Å². The molecule has 0 aliphatic carbocycles. The van der Waals surface area contributed by atoms with Crippen molar-refractivity contribution in [2.24, 2.45) is 5.73 Å². The lowest BCUT2D eigenvalue weighted by Crippen LogP contribution is -2.51. The first-order valence-corrected chi connectivity index (χ1v) is 6.46. The molecule has 5 nitrogen and oxygen atoms in total.